The van der Waals surface area contributed by atoms with E-state index < -0.39 is 0 Å². The van der Waals surface area contributed by atoms with Crippen molar-refractivity contribution < 1.29 is 14.3 Å². The Morgan fingerprint density at radius 1 is 0.946 bits per heavy atom. The van der Waals surface area contributed by atoms with Gasteiger partial charge in [0, 0.05) is 36.8 Å². The number of halogens is 1. The minimum Gasteiger partial charge on any atom is -0.497 e. The highest BCUT2D eigenvalue weighted by molar-refractivity contribution is 6.30. The fraction of sp³-hybridized carbons (Fsp3) is 0.241. The molecule has 0 radical (unpaired) electrons. The van der Waals surface area contributed by atoms with Crippen LogP contribution in [0.5, 0.6) is 11.5 Å². The van der Waals surface area contributed by atoms with Crippen molar-refractivity contribution in [1.29, 1.82) is 0 Å². The fourth-order valence-electron chi connectivity index (χ4n) is 4.54. The third-order valence-corrected chi connectivity index (χ3v) is 6.69. The summed E-state index contributed by atoms with van der Waals surface area (Å²) in [6.45, 7) is 5.22. The van der Waals surface area contributed by atoms with E-state index in [1.54, 1.807) is 23.9 Å². The van der Waals surface area contributed by atoms with Gasteiger partial charge in [-0.3, -0.25) is 4.79 Å². The van der Waals surface area contributed by atoms with Gasteiger partial charge in [0.25, 0.3) is 5.91 Å². The minimum atomic E-state index is -0.0608. The molecule has 0 bridgehead atoms. The molecule has 0 atom stereocenters. The lowest BCUT2D eigenvalue weighted by atomic mass is 10.1. The van der Waals surface area contributed by atoms with E-state index >= 15 is 0 Å². The molecule has 0 N–H and O–H groups in total. The second-order valence-corrected chi connectivity index (χ2v) is 9.15. The lowest BCUT2D eigenvalue weighted by molar-refractivity contribution is 0.0737. The maximum absolute atomic E-state index is 13.8. The van der Waals surface area contributed by atoms with E-state index in [0.29, 0.717) is 49.2 Å². The first-order valence-electron chi connectivity index (χ1n) is 12.3. The fourth-order valence-corrected chi connectivity index (χ4v) is 4.67. The van der Waals surface area contributed by atoms with Crippen LogP contribution in [0.4, 0.5) is 5.69 Å². The molecule has 0 saturated carbocycles. The van der Waals surface area contributed by atoms with Gasteiger partial charge in [0.15, 0.2) is 0 Å². The van der Waals surface area contributed by atoms with Gasteiger partial charge >= 0.3 is 0 Å². The topological polar surface area (TPSA) is 59.8 Å². The number of hydrogen-bond donors (Lipinski definition) is 0. The van der Waals surface area contributed by atoms with Crippen molar-refractivity contribution in [2.75, 3.05) is 44.8 Å². The number of carbonyl (C=O) groups is 1. The lowest BCUT2D eigenvalue weighted by Gasteiger charge is -2.36. The number of aromatic nitrogens is 2. The molecule has 0 spiro atoms. The number of methoxy groups -OCH3 is 1. The quantitative estimate of drug-likeness (QED) is 0.322. The molecule has 1 aliphatic heterocycles. The number of amides is 1. The van der Waals surface area contributed by atoms with E-state index in [4.69, 9.17) is 26.2 Å². The summed E-state index contributed by atoms with van der Waals surface area (Å²) < 4.78 is 12.9. The molecular formula is C29H29ClN4O3. The summed E-state index contributed by atoms with van der Waals surface area (Å²) in [5, 5.41) is 5.44. The average molecular weight is 517 g/mol. The molecule has 8 heteroatoms. The van der Waals surface area contributed by atoms with Crippen LogP contribution in [0.1, 0.15) is 17.4 Å². The van der Waals surface area contributed by atoms with E-state index in [2.05, 4.69) is 11.0 Å². The van der Waals surface area contributed by atoms with Crippen LogP contribution in [0.25, 0.3) is 16.9 Å². The Morgan fingerprint density at radius 3 is 2.43 bits per heavy atom. The van der Waals surface area contributed by atoms with Crippen LogP contribution in [-0.4, -0.2) is 60.5 Å². The second-order valence-electron chi connectivity index (χ2n) is 8.71. The van der Waals surface area contributed by atoms with Crippen LogP contribution in [0, 0.1) is 0 Å². The lowest BCUT2D eigenvalue weighted by Crippen LogP contribution is -2.49. The molecule has 0 unspecified atom stereocenters. The summed E-state index contributed by atoms with van der Waals surface area (Å²) in [6.07, 6.45) is 0. The molecular weight excluding hydrogens is 488 g/mol. The molecule has 4 aromatic rings. The smallest absolute Gasteiger partial charge is 0.272 e. The van der Waals surface area contributed by atoms with Crippen molar-refractivity contribution in [3.8, 4) is 28.4 Å². The second kappa shape index (κ2) is 11.0. The molecule has 1 fully saturated rings. The van der Waals surface area contributed by atoms with Crippen molar-refractivity contribution >= 4 is 23.2 Å². The Balaban J connectivity index is 1.42. The van der Waals surface area contributed by atoms with Crippen LogP contribution in [-0.2, 0) is 0 Å². The van der Waals surface area contributed by atoms with E-state index in [1.807, 2.05) is 72.5 Å². The molecule has 2 heterocycles. The highest BCUT2D eigenvalue weighted by Crippen LogP contribution is 2.30. The Hall–Kier alpha value is -3.97. The summed E-state index contributed by atoms with van der Waals surface area (Å²) in [4.78, 5) is 18.0. The average Bonchev–Trinajstić information content (AvgIpc) is 3.39. The Labute approximate surface area is 221 Å². The van der Waals surface area contributed by atoms with E-state index in [9.17, 15) is 4.79 Å². The molecule has 37 heavy (non-hydrogen) atoms. The van der Waals surface area contributed by atoms with Crippen LogP contribution < -0.4 is 14.4 Å². The van der Waals surface area contributed by atoms with Gasteiger partial charge in [-0.2, -0.15) is 5.10 Å². The van der Waals surface area contributed by atoms with Gasteiger partial charge in [0.1, 0.15) is 17.2 Å². The van der Waals surface area contributed by atoms with E-state index in [0.717, 1.165) is 28.4 Å². The maximum Gasteiger partial charge on any atom is 0.272 e. The van der Waals surface area contributed by atoms with Gasteiger partial charge in [-0.15, -0.1) is 0 Å². The third kappa shape index (κ3) is 5.27. The zero-order chi connectivity index (χ0) is 25.8. The predicted molar refractivity (Wildman–Crippen MR) is 146 cm³/mol. The minimum absolute atomic E-state index is 0.0608. The summed E-state index contributed by atoms with van der Waals surface area (Å²) in [5.74, 6) is 1.54. The Kier molecular flexibility index (Phi) is 7.32. The van der Waals surface area contributed by atoms with E-state index in [1.165, 1.54) is 0 Å². The van der Waals surface area contributed by atoms with Gasteiger partial charge in [-0.05, 0) is 61.5 Å². The maximum atomic E-state index is 13.8. The molecule has 190 valence electrons. The predicted octanol–water partition coefficient (Wildman–Crippen LogP) is 5.56. The number of carbonyl (C=O) groups excluding carboxylic acids is 1. The monoisotopic (exact) mass is 516 g/mol. The van der Waals surface area contributed by atoms with Crippen molar-refractivity contribution in [1.82, 2.24) is 14.7 Å². The molecule has 0 aliphatic carbocycles. The van der Waals surface area contributed by atoms with Gasteiger partial charge < -0.3 is 19.3 Å². The summed E-state index contributed by atoms with van der Waals surface area (Å²) in [6, 6.07) is 24.9. The van der Waals surface area contributed by atoms with Crippen molar-refractivity contribution in [2.45, 2.75) is 6.92 Å². The number of para-hydroxylation sites is 2. The molecule has 7 nitrogen and oxygen atoms in total. The zero-order valence-corrected chi connectivity index (χ0v) is 21.7. The van der Waals surface area contributed by atoms with Gasteiger partial charge in [0.05, 0.1) is 30.8 Å². The van der Waals surface area contributed by atoms with E-state index in [-0.39, 0.29) is 5.91 Å². The van der Waals surface area contributed by atoms with Crippen LogP contribution >= 0.6 is 11.6 Å². The van der Waals surface area contributed by atoms with Crippen LogP contribution in [0.2, 0.25) is 5.02 Å². The number of piperazine rings is 1. The normalized spacial score (nSPS) is 13.5. The Morgan fingerprint density at radius 2 is 1.70 bits per heavy atom. The number of rotatable bonds is 7. The summed E-state index contributed by atoms with van der Waals surface area (Å²) >= 11 is 6.12. The van der Waals surface area contributed by atoms with Gasteiger partial charge in [-0.1, -0.05) is 35.9 Å². The number of ether oxygens (including phenoxy) is 2. The van der Waals surface area contributed by atoms with Crippen LogP contribution in [0.15, 0.2) is 78.9 Å². The molecule has 3 aromatic carbocycles. The van der Waals surface area contributed by atoms with Gasteiger partial charge in [-0.25, -0.2) is 4.68 Å². The highest BCUT2D eigenvalue weighted by Gasteiger charge is 2.27. The standard InChI is InChI=1S/C29H29ClN4O3/c1-3-37-28-10-5-4-9-26(28)32-15-17-33(18-16-32)29(35)27-20-25(21-7-6-8-24(19-21)36-2)31-34(27)23-13-11-22(30)12-14-23/h4-14,19-20H,3,15-18H2,1-2H3. The molecule has 1 saturated heterocycles. The highest BCUT2D eigenvalue weighted by atomic mass is 35.5. The largest absolute Gasteiger partial charge is 0.497 e. The van der Waals surface area contributed by atoms with Crippen LogP contribution in [0.3, 0.4) is 0 Å². The molecule has 1 aliphatic rings. The first kappa shape index (κ1) is 24.7. The molecule has 1 amide bonds. The third-order valence-electron chi connectivity index (χ3n) is 6.44. The van der Waals surface area contributed by atoms with Crippen molar-refractivity contribution in [3.63, 3.8) is 0 Å². The van der Waals surface area contributed by atoms with Crippen molar-refractivity contribution in [2.24, 2.45) is 0 Å². The van der Waals surface area contributed by atoms with Crippen molar-refractivity contribution in [3.05, 3.63) is 89.6 Å². The Bertz CT molecular complexity index is 1380. The number of benzene rings is 3. The molecule has 1 aromatic heterocycles. The zero-order valence-electron chi connectivity index (χ0n) is 20.9. The number of nitrogens with zero attached hydrogens (tertiary/aromatic N) is 4. The SMILES string of the molecule is CCOc1ccccc1N1CCN(C(=O)c2cc(-c3cccc(OC)c3)nn2-c2ccc(Cl)cc2)CC1. The number of hydrogen-bond acceptors (Lipinski definition) is 5. The first-order valence-corrected chi connectivity index (χ1v) is 12.7. The summed E-state index contributed by atoms with van der Waals surface area (Å²) in [7, 11) is 1.63. The summed E-state index contributed by atoms with van der Waals surface area (Å²) in [5.41, 5.74) is 3.90. The first-order chi connectivity index (χ1) is 18.1. The molecule has 5 rings (SSSR count). The van der Waals surface area contributed by atoms with Gasteiger partial charge in [0.2, 0.25) is 0 Å². The number of anilines is 1.